The second-order valence-corrected chi connectivity index (χ2v) is 5.95. The van der Waals surface area contributed by atoms with Crippen molar-refractivity contribution in [1.29, 1.82) is 0 Å². The Morgan fingerprint density at radius 1 is 0.828 bits per heavy atom. The molecular weight excluding hydrogens is 377 g/mol. The molecule has 8 heteroatoms. The Kier molecular flexibility index (Phi) is 5.94. The first-order valence-corrected chi connectivity index (χ1v) is 8.48. The molecular formula is C21H16FN3O4. The fourth-order valence-electron chi connectivity index (χ4n) is 2.47. The maximum absolute atomic E-state index is 13.2. The normalized spacial score (nSPS) is 10.1. The van der Waals surface area contributed by atoms with E-state index in [1.54, 1.807) is 18.2 Å². The first kappa shape index (κ1) is 19.7. The van der Waals surface area contributed by atoms with E-state index in [1.807, 2.05) is 0 Å². The van der Waals surface area contributed by atoms with Crippen molar-refractivity contribution in [2.75, 3.05) is 17.7 Å². The van der Waals surface area contributed by atoms with Gasteiger partial charge in [-0.15, -0.1) is 0 Å². The molecule has 0 fully saturated rings. The summed E-state index contributed by atoms with van der Waals surface area (Å²) in [5, 5.41) is 5.20. The van der Waals surface area contributed by atoms with E-state index in [1.165, 1.54) is 55.9 Å². The van der Waals surface area contributed by atoms with Gasteiger partial charge in [-0.2, -0.15) is 0 Å². The Labute approximate surface area is 165 Å². The topological polar surface area (TPSA) is 97.4 Å². The first-order valence-electron chi connectivity index (χ1n) is 8.48. The lowest BCUT2D eigenvalue weighted by molar-refractivity contribution is 0.0600. The molecule has 2 amide bonds. The van der Waals surface area contributed by atoms with Gasteiger partial charge in [0.05, 0.1) is 23.8 Å². The average Bonchev–Trinajstić information content (AvgIpc) is 2.74. The van der Waals surface area contributed by atoms with Gasteiger partial charge in [-0.05, 0) is 48.5 Å². The van der Waals surface area contributed by atoms with Crippen molar-refractivity contribution >= 4 is 29.2 Å². The standard InChI is InChI=1S/C21H16FN3O4/c1-29-21(28)13-5-7-17(8-6-13)24-19(26)14-9-15(12-23-11-14)20(27)25-18-4-2-3-16(22)10-18/h2-12H,1H3,(H,24,26)(H,25,27). The minimum absolute atomic E-state index is 0.142. The molecule has 3 aromatic rings. The maximum atomic E-state index is 13.2. The molecule has 0 spiro atoms. The number of amides is 2. The number of carbonyl (C=O) groups is 3. The van der Waals surface area contributed by atoms with Crippen LogP contribution in [0.3, 0.4) is 0 Å². The molecule has 1 aromatic heterocycles. The summed E-state index contributed by atoms with van der Waals surface area (Å²) in [6, 6.07) is 13.0. The van der Waals surface area contributed by atoms with Crippen LogP contribution in [-0.2, 0) is 4.74 Å². The van der Waals surface area contributed by atoms with E-state index < -0.39 is 23.6 Å². The minimum atomic E-state index is -0.528. The van der Waals surface area contributed by atoms with Crippen molar-refractivity contribution in [3.8, 4) is 0 Å². The lowest BCUT2D eigenvalue weighted by Crippen LogP contribution is -2.16. The largest absolute Gasteiger partial charge is 0.465 e. The molecule has 146 valence electrons. The summed E-state index contributed by atoms with van der Waals surface area (Å²) in [5.41, 5.74) is 1.40. The van der Waals surface area contributed by atoms with E-state index in [4.69, 9.17) is 0 Å². The van der Waals surface area contributed by atoms with Crippen LogP contribution in [-0.4, -0.2) is 29.9 Å². The molecule has 29 heavy (non-hydrogen) atoms. The van der Waals surface area contributed by atoms with Crippen molar-refractivity contribution < 1.29 is 23.5 Å². The third-order valence-electron chi connectivity index (χ3n) is 3.91. The Morgan fingerprint density at radius 3 is 2.03 bits per heavy atom. The van der Waals surface area contributed by atoms with Crippen LogP contribution in [0.25, 0.3) is 0 Å². The number of anilines is 2. The van der Waals surface area contributed by atoms with Crippen molar-refractivity contribution in [2.24, 2.45) is 0 Å². The Hall–Kier alpha value is -4.07. The number of halogens is 1. The highest BCUT2D eigenvalue weighted by molar-refractivity contribution is 6.08. The number of ether oxygens (including phenoxy) is 1. The molecule has 0 bridgehead atoms. The minimum Gasteiger partial charge on any atom is -0.465 e. The number of hydrogen-bond acceptors (Lipinski definition) is 5. The van der Waals surface area contributed by atoms with E-state index in [-0.39, 0.29) is 16.8 Å². The summed E-state index contributed by atoms with van der Waals surface area (Å²) in [6.45, 7) is 0. The molecule has 7 nitrogen and oxygen atoms in total. The van der Waals surface area contributed by atoms with Gasteiger partial charge in [0, 0.05) is 23.8 Å². The molecule has 0 aliphatic heterocycles. The number of pyridine rings is 1. The monoisotopic (exact) mass is 393 g/mol. The smallest absolute Gasteiger partial charge is 0.337 e. The molecule has 0 atom stereocenters. The van der Waals surface area contributed by atoms with E-state index >= 15 is 0 Å². The van der Waals surface area contributed by atoms with Crippen LogP contribution in [0.4, 0.5) is 15.8 Å². The summed E-state index contributed by atoms with van der Waals surface area (Å²) in [7, 11) is 1.28. The van der Waals surface area contributed by atoms with Crippen LogP contribution in [0.1, 0.15) is 31.1 Å². The summed E-state index contributed by atoms with van der Waals surface area (Å²) >= 11 is 0. The summed E-state index contributed by atoms with van der Waals surface area (Å²) < 4.78 is 17.9. The predicted octanol–water partition coefficient (Wildman–Crippen LogP) is 3.51. The Morgan fingerprint density at radius 2 is 1.45 bits per heavy atom. The number of methoxy groups -OCH3 is 1. The fourth-order valence-corrected chi connectivity index (χ4v) is 2.47. The number of hydrogen-bond donors (Lipinski definition) is 2. The van der Waals surface area contributed by atoms with Crippen molar-refractivity contribution in [2.45, 2.75) is 0 Å². The van der Waals surface area contributed by atoms with Gasteiger partial charge >= 0.3 is 5.97 Å². The van der Waals surface area contributed by atoms with Crippen LogP contribution in [0, 0.1) is 5.82 Å². The van der Waals surface area contributed by atoms with Gasteiger partial charge in [-0.25, -0.2) is 9.18 Å². The molecule has 0 unspecified atom stereocenters. The Balaban J connectivity index is 1.70. The average molecular weight is 393 g/mol. The highest BCUT2D eigenvalue weighted by Gasteiger charge is 2.13. The van der Waals surface area contributed by atoms with Crippen molar-refractivity contribution in [1.82, 2.24) is 4.98 Å². The second-order valence-electron chi connectivity index (χ2n) is 5.95. The fraction of sp³-hybridized carbons (Fsp3) is 0.0476. The van der Waals surface area contributed by atoms with Gasteiger partial charge in [0.1, 0.15) is 5.82 Å². The van der Waals surface area contributed by atoms with Gasteiger partial charge in [-0.3, -0.25) is 14.6 Å². The lowest BCUT2D eigenvalue weighted by atomic mass is 10.1. The third kappa shape index (κ3) is 5.01. The molecule has 0 saturated heterocycles. The number of esters is 1. The van der Waals surface area contributed by atoms with Crippen LogP contribution < -0.4 is 10.6 Å². The molecule has 0 aliphatic rings. The van der Waals surface area contributed by atoms with Gasteiger partial charge in [-0.1, -0.05) is 6.07 Å². The SMILES string of the molecule is COC(=O)c1ccc(NC(=O)c2cncc(C(=O)Nc3cccc(F)c3)c2)cc1. The molecule has 0 radical (unpaired) electrons. The second kappa shape index (κ2) is 8.75. The van der Waals surface area contributed by atoms with E-state index in [9.17, 15) is 18.8 Å². The number of carbonyl (C=O) groups excluding carboxylic acids is 3. The lowest BCUT2D eigenvalue weighted by Gasteiger charge is -2.08. The van der Waals surface area contributed by atoms with E-state index in [0.29, 0.717) is 11.3 Å². The molecule has 0 aliphatic carbocycles. The zero-order chi connectivity index (χ0) is 20.8. The highest BCUT2D eigenvalue weighted by atomic mass is 19.1. The highest BCUT2D eigenvalue weighted by Crippen LogP contribution is 2.14. The van der Waals surface area contributed by atoms with Crippen molar-refractivity contribution in [3.63, 3.8) is 0 Å². The predicted molar refractivity (Wildman–Crippen MR) is 104 cm³/mol. The zero-order valence-electron chi connectivity index (χ0n) is 15.3. The van der Waals surface area contributed by atoms with E-state index in [0.717, 1.165) is 0 Å². The number of benzene rings is 2. The third-order valence-corrected chi connectivity index (χ3v) is 3.91. The summed E-state index contributed by atoms with van der Waals surface area (Å²) in [5.74, 6) is -1.97. The van der Waals surface area contributed by atoms with Crippen LogP contribution in [0.15, 0.2) is 67.0 Å². The molecule has 2 aromatic carbocycles. The van der Waals surface area contributed by atoms with Crippen LogP contribution in [0.2, 0.25) is 0 Å². The van der Waals surface area contributed by atoms with Crippen LogP contribution >= 0.6 is 0 Å². The first-order chi connectivity index (χ1) is 14.0. The quantitative estimate of drug-likeness (QED) is 0.647. The number of nitrogens with one attached hydrogen (secondary N) is 2. The number of rotatable bonds is 5. The summed E-state index contributed by atoms with van der Waals surface area (Å²) in [6.07, 6.45) is 2.62. The van der Waals surface area contributed by atoms with E-state index in [2.05, 4.69) is 20.4 Å². The maximum Gasteiger partial charge on any atom is 0.337 e. The van der Waals surface area contributed by atoms with Crippen LogP contribution in [0.5, 0.6) is 0 Å². The van der Waals surface area contributed by atoms with Gasteiger partial charge in [0.2, 0.25) is 0 Å². The molecule has 3 rings (SSSR count). The van der Waals surface area contributed by atoms with Gasteiger partial charge in [0.15, 0.2) is 0 Å². The number of aromatic nitrogens is 1. The van der Waals surface area contributed by atoms with Crippen molar-refractivity contribution in [3.05, 3.63) is 89.5 Å². The summed E-state index contributed by atoms with van der Waals surface area (Å²) in [4.78, 5) is 40.1. The molecule has 1 heterocycles. The molecule has 0 saturated carbocycles. The van der Waals surface area contributed by atoms with Gasteiger partial charge in [0.25, 0.3) is 11.8 Å². The number of nitrogens with zero attached hydrogens (tertiary/aromatic N) is 1. The Bertz CT molecular complexity index is 1070. The zero-order valence-corrected chi connectivity index (χ0v) is 15.3. The molecule has 2 N–H and O–H groups in total. The van der Waals surface area contributed by atoms with Gasteiger partial charge < -0.3 is 15.4 Å².